The lowest BCUT2D eigenvalue weighted by Crippen LogP contribution is -2.22. The first-order chi connectivity index (χ1) is 8.54. The maximum atomic E-state index is 11.4. The lowest BCUT2D eigenvalue weighted by molar-refractivity contribution is -0.121. The number of nitrogens with one attached hydrogen (secondary N) is 1. The number of carbonyl (C=O) groups excluding carboxylic acids is 1. The Morgan fingerprint density at radius 3 is 2.72 bits per heavy atom. The van der Waals surface area contributed by atoms with Crippen LogP contribution in [0, 0.1) is 6.92 Å². The zero-order valence-electron chi connectivity index (χ0n) is 10.2. The van der Waals surface area contributed by atoms with Crippen LogP contribution in [-0.2, 0) is 11.3 Å². The highest BCUT2D eigenvalue weighted by atomic mass is 32.1. The van der Waals surface area contributed by atoms with E-state index in [4.69, 9.17) is 10.8 Å². The van der Waals surface area contributed by atoms with Crippen LogP contribution in [0.3, 0.4) is 0 Å². The normalized spacial score (nSPS) is 10.3. The highest BCUT2D eigenvalue weighted by Crippen LogP contribution is 2.17. The van der Waals surface area contributed by atoms with Crippen LogP contribution in [-0.4, -0.2) is 28.5 Å². The summed E-state index contributed by atoms with van der Waals surface area (Å²) >= 11 is 1.09. The summed E-state index contributed by atoms with van der Waals surface area (Å²) in [5.41, 5.74) is 5.82. The Morgan fingerprint density at radius 2 is 2.17 bits per heavy atom. The van der Waals surface area contributed by atoms with Gasteiger partial charge < -0.3 is 16.2 Å². The van der Waals surface area contributed by atoms with Crippen LogP contribution in [0.2, 0.25) is 0 Å². The maximum Gasteiger partial charge on any atom is 0.347 e. The van der Waals surface area contributed by atoms with E-state index in [1.54, 1.807) is 6.92 Å². The van der Waals surface area contributed by atoms with Gasteiger partial charge in [-0.2, -0.15) is 0 Å². The van der Waals surface area contributed by atoms with E-state index in [2.05, 4.69) is 10.3 Å². The first-order valence-electron chi connectivity index (χ1n) is 5.71. The molecule has 100 valence electrons. The third-order valence-corrected chi connectivity index (χ3v) is 3.48. The SMILES string of the molecule is Cc1nc(CNC(=O)CCCCN)sc1C(=O)O. The maximum absolute atomic E-state index is 11.4. The Bertz CT molecular complexity index is 431. The quantitative estimate of drug-likeness (QED) is 0.639. The molecule has 0 fully saturated rings. The van der Waals surface area contributed by atoms with Gasteiger partial charge in [0.15, 0.2) is 0 Å². The van der Waals surface area contributed by atoms with Gasteiger partial charge in [0.1, 0.15) is 9.88 Å². The number of hydrogen-bond donors (Lipinski definition) is 3. The predicted molar refractivity (Wildman–Crippen MR) is 68.6 cm³/mol. The minimum Gasteiger partial charge on any atom is -0.477 e. The molecule has 7 heteroatoms. The van der Waals surface area contributed by atoms with Crippen molar-refractivity contribution in [3.8, 4) is 0 Å². The van der Waals surface area contributed by atoms with Crippen LogP contribution in [0.25, 0.3) is 0 Å². The lowest BCUT2D eigenvalue weighted by Gasteiger charge is -2.02. The Morgan fingerprint density at radius 1 is 1.44 bits per heavy atom. The molecule has 1 amide bonds. The molecule has 0 aliphatic rings. The summed E-state index contributed by atoms with van der Waals surface area (Å²) in [6, 6.07) is 0. The number of carboxylic acids is 1. The standard InChI is InChI=1S/C11H17N3O3S/c1-7-10(11(16)17)18-9(14-7)6-13-8(15)4-2-3-5-12/h2-6,12H2,1H3,(H,13,15)(H,16,17). The van der Waals surface area contributed by atoms with Gasteiger partial charge in [-0.25, -0.2) is 9.78 Å². The van der Waals surface area contributed by atoms with Gasteiger partial charge in [0.25, 0.3) is 0 Å². The van der Waals surface area contributed by atoms with Gasteiger partial charge in [0.05, 0.1) is 12.2 Å². The fourth-order valence-corrected chi connectivity index (χ4v) is 2.26. The van der Waals surface area contributed by atoms with Gasteiger partial charge in [0.2, 0.25) is 5.91 Å². The van der Waals surface area contributed by atoms with Crippen molar-refractivity contribution in [1.82, 2.24) is 10.3 Å². The molecule has 0 atom stereocenters. The number of amides is 1. The van der Waals surface area contributed by atoms with Crippen molar-refractivity contribution in [2.24, 2.45) is 5.73 Å². The van der Waals surface area contributed by atoms with E-state index >= 15 is 0 Å². The van der Waals surface area contributed by atoms with Crippen LogP contribution in [0.5, 0.6) is 0 Å². The molecule has 18 heavy (non-hydrogen) atoms. The highest BCUT2D eigenvalue weighted by molar-refractivity contribution is 7.13. The molecule has 1 rings (SSSR count). The van der Waals surface area contributed by atoms with Crippen molar-refractivity contribution in [3.63, 3.8) is 0 Å². The second kappa shape index (κ2) is 7.07. The van der Waals surface area contributed by atoms with Crippen LogP contribution in [0.15, 0.2) is 0 Å². The first-order valence-corrected chi connectivity index (χ1v) is 6.52. The van der Waals surface area contributed by atoms with Crippen molar-refractivity contribution < 1.29 is 14.7 Å². The largest absolute Gasteiger partial charge is 0.477 e. The van der Waals surface area contributed by atoms with Gasteiger partial charge >= 0.3 is 5.97 Å². The summed E-state index contributed by atoms with van der Waals surface area (Å²) in [6.07, 6.45) is 2.03. The number of hydrogen-bond acceptors (Lipinski definition) is 5. The Labute approximate surface area is 109 Å². The van der Waals surface area contributed by atoms with E-state index < -0.39 is 5.97 Å². The van der Waals surface area contributed by atoms with E-state index in [0.29, 0.717) is 23.7 Å². The van der Waals surface area contributed by atoms with Crippen molar-refractivity contribution in [2.45, 2.75) is 32.7 Å². The molecule has 0 bridgehead atoms. The van der Waals surface area contributed by atoms with Gasteiger partial charge in [0, 0.05) is 6.42 Å². The number of carbonyl (C=O) groups is 2. The summed E-state index contributed by atoms with van der Waals surface area (Å²) in [5, 5.41) is 12.2. The molecule has 1 aromatic heterocycles. The monoisotopic (exact) mass is 271 g/mol. The van der Waals surface area contributed by atoms with Gasteiger partial charge in [-0.05, 0) is 26.3 Å². The lowest BCUT2D eigenvalue weighted by atomic mass is 10.2. The summed E-state index contributed by atoms with van der Waals surface area (Å²) in [4.78, 5) is 26.6. The molecule has 0 saturated carbocycles. The molecule has 0 saturated heterocycles. The Balaban J connectivity index is 2.41. The average Bonchev–Trinajstić information content (AvgIpc) is 2.68. The van der Waals surface area contributed by atoms with Crippen molar-refractivity contribution in [2.75, 3.05) is 6.54 Å². The number of thiazole rings is 1. The second-order valence-corrected chi connectivity index (χ2v) is 4.93. The molecule has 4 N–H and O–H groups in total. The summed E-state index contributed by atoms with van der Waals surface area (Å²) in [7, 11) is 0. The number of rotatable bonds is 7. The highest BCUT2D eigenvalue weighted by Gasteiger charge is 2.14. The van der Waals surface area contributed by atoms with Crippen LogP contribution in [0.1, 0.15) is 39.6 Å². The Hall–Kier alpha value is -1.47. The van der Waals surface area contributed by atoms with Gasteiger partial charge in [-0.1, -0.05) is 0 Å². The molecule has 0 unspecified atom stereocenters. The number of nitrogens with zero attached hydrogens (tertiary/aromatic N) is 1. The molecule has 0 spiro atoms. The molecule has 6 nitrogen and oxygen atoms in total. The molecule has 0 aliphatic carbocycles. The van der Waals surface area contributed by atoms with Crippen molar-refractivity contribution >= 4 is 23.2 Å². The summed E-state index contributed by atoms with van der Waals surface area (Å²) < 4.78 is 0. The molecular formula is C11H17N3O3S. The predicted octanol–water partition coefficient (Wildman–Crippen LogP) is 0.895. The molecule has 0 radical (unpaired) electrons. The smallest absolute Gasteiger partial charge is 0.347 e. The first kappa shape index (κ1) is 14.6. The molecular weight excluding hydrogens is 254 g/mol. The number of aromatic nitrogens is 1. The average molecular weight is 271 g/mol. The fraction of sp³-hybridized carbons (Fsp3) is 0.545. The summed E-state index contributed by atoms with van der Waals surface area (Å²) in [5.74, 6) is -1.04. The molecule has 1 aromatic rings. The van der Waals surface area contributed by atoms with E-state index in [-0.39, 0.29) is 17.3 Å². The van der Waals surface area contributed by atoms with Crippen LogP contribution >= 0.6 is 11.3 Å². The van der Waals surface area contributed by atoms with Crippen molar-refractivity contribution in [1.29, 1.82) is 0 Å². The minimum absolute atomic E-state index is 0.0619. The number of nitrogens with two attached hydrogens (primary N) is 1. The third-order valence-electron chi connectivity index (χ3n) is 2.33. The van der Waals surface area contributed by atoms with Crippen LogP contribution in [0.4, 0.5) is 0 Å². The van der Waals surface area contributed by atoms with Crippen molar-refractivity contribution in [3.05, 3.63) is 15.6 Å². The van der Waals surface area contributed by atoms with E-state index in [0.717, 1.165) is 24.2 Å². The fourth-order valence-electron chi connectivity index (χ4n) is 1.42. The molecule has 0 aliphatic heterocycles. The second-order valence-electron chi connectivity index (χ2n) is 3.85. The topological polar surface area (TPSA) is 105 Å². The van der Waals surface area contributed by atoms with Gasteiger partial charge in [-0.3, -0.25) is 4.79 Å². The third kappa shape index (κ3) is 4.42. The number of aromatic carboxylic acids is 1. The Kier molecular flexibility index (Phi) is 5.73. The van der Waals surface area contributed by atoms with Crippen LogP contribution < -0.4 is 11.1 Å². The minimum atomic E-state index is -0.981. The number of carboxylic acid groups (broad SMARTS) is 1. The molecule has 1 heterocycles. The zero-order chi connectivity index (χ0) is 13.5. The van der Waals surface area contributed by atoms with E-state index in [1.807, 2.05) is 0 Å². The molecule has 0 aromatic carbocycles. The summed E-state index contributed by atoms with van der Waals surface area (Å²) in [6.45, 7) is 2.51. The van der Waals surface area contributed by atoms with E-state index in [9.17, 15) is 9.59 Å². The number of aryl methyl sites for hydroxylation is 1. The van der Waals surface area contributed by atoms with Gasteiger partial charge in [-0.15, -0.1) is 11.3 Å². The number of unbranched alkanes of at least 4 members (excludes halogenated alkanes) is 1. The van der Waals surface area contributed by atoms with E-state index in [1.165, 1.54) is 0 Å². The zero-order valence-corrected chi connectivity index (χ0v) is 11.0.